The molecule has 1 amide bonds. The third-order valence-electron chi connectivity index (χ3n) is 3.34. The van der Waals surface area contributed by atoms with Crippen molar-refractivity contribution in [1.29, 1.82) is 0 Å². The molecule has 1 N–H and O–H groups in total. The number of nitrogens with one attached hydrogen (secondary N) is 1. The van der Waals surface area contributed by atoms with Crippen molar-refractivity contribution < 1.29 is 4.79 Å². The third kappa shape index (κ3) is 1.82. The van der Waals surface area contributed by atoms with Crippen LogP contribution in [0, 0.1) is 6.92 Å². The number of likely N-dealkylation sites (tertiary alicyclic amines) is 1. The van der Waals surface area contributed by atoms with Crippen LogP contribution in [0.4, 0.5) is 0 Å². The minimum Gasteiger partial charge on any atom is -0.337 e. The van der Waals surface area contributed by atoms with Gasteiger partial charge >= 0.3 is 0 Å². The minimum absolute atomic E-state index is 0.00280. The van der Waals surface area contributed by atoms with Gasteiger partial charge in [-0.15, -0.1) is 0 Å². The fourth-order valence-electron chi connectivity index (χ4n) is 2.07. The summed E-state index contributed by atoms with van der Waals surface area (Å²) in [6.07, 6.45) is 2.74. The van der Waals surface area contributed by atoms with Crippen molar-refractivity contribution in [3.8, 4) is 0 Å². The van der Waals surface area contributed by atoms with Crippen molar-refractivity contribution in [3.05, 3.63) is 17.5 Å². The predicted molar refractivity (Wildman–Crippen MR) is 60.8 cm³/mol. The van der Waals surface area contributed by atoms with E-state index in [1.54, 1.807) is 0 Å². The first-order valence-electron chi connectivity index (χ1n) is 5.57. The molecule has 0 aliphatic carbocycles. The first kappa shape index (κ1) is 11.1. The molecule has 1 atom stereocenters. The molecule has 5 nitrogen and oxygen atoms in total. The third-order valence-corrected chi connectivity index (χ3v) is 3.34. The van der Waals surface area contributed by atoms with E-state index in [4.69, 9.17) is 0 Å². The van der Waals surface area contributed by atoms with Crippen LogP contribution >= 0.6 is 0 Å². The Kier molecular flexibility index (Phi) is 2.96. The summed E-state index contributed by atoms with van der Waals surface area (Å²) in [6.45, 7) is 3.54. The quantitative estimate of drug-likeness (QED) is 0.786. The van der Waals surface area contributed by atoms with Crippen LogP contribution in [-0.4, -0.2) is 40.2 Å². The van der Waals surface area contributed by atoms with E-state index >= 15 is 0 Å². The van der Waals surface area contributed by atoms with Crippen LogP contribution in [0.15, 0.2) is 6.20 Å². The average Bonchev–Trinajstić information content (AvgIpc) is 2.77. The number of carbonyl (C=O) groups excluding carboxylic acids is 1. The van der Waals surface area contributed by atoms with Gasteiger partial charge < -0.3 is 10.2 Å². The highest BCUT2D eigenvalue weighted by atomic mass is 16.2. The van der Waals surface area contributed by atoms with Gasteiger partial charge in [-0.1, -0.05) is 0 Å². The monoisotopic (exact) mass is 222 g/mol. The predicted octanol–water partition coefficient (Wildman–Crippen LogP) is 0.0488. The molecule has 0 saturated carbocycles. The zero-order valence-corrected chi connectivity index (χ0v) is 10.0. The Bertz CT molecular complexity index is 399. The highest BCUT2D eigenvalue weighted by Crippen LogP contribution is 2.16. The number of rotatable bonds is 3. The molecule has 0 bridgehead atoms. The second-order valence-corrected chi connectivity index (χ2v) is 4.27. The van der Waals surface area contributed by atoms with E-state index in [2.05, 4.69) is 10.4 Å². The summed E-state index contributed by atoms with van der Waals surface area (Å²) in [5, 5.41) is 7.22. The molecular formula is C11H18N4O. The van der Waals surface area contributed by atoms with Gasteiger partial charge in [0.05, 0.1) is 12.2 Å². The lowest BCUT2D eigenvalue weighted by Crippen LogP contribution is -2.35. The smallest absolute Gasteiger partial charge is 0.240 e. The van der Waals surface area contributed by atoms with Crippen LogP contribution in [0.2, 0.25) is 0 Å². The van der Waals surface area contributed by atoms with Gasteiger partial charge in [-0.3, -0.25) is 9.48 Å². The van der Waals surface area contributed by atoms with Gasteiger partial charge in [0.1, 0.15) is 0 Å². The molecule has 0 radical (unpaired) electrons. The van der Waals surface area contributed by atoms with E-state index in [1.807, 2.05) is 36.8 Å². The molecule has 1 aromatic heterocycles. The van der Waals surface area contributed by atoms with Crippen molar-refractivity contribution in [2.24, 2.45) is 7.05 Å². The van der Waals surface area contributed by atoms with Crippen LogP contribution in [0.25, 0.3) is 0 Å². The Morgan fingerprint density at radius 1 is 1.62 bits per heavy atom. The summed E-state index contributed by atoms with van der Waals surface area (Å²) in [7, 11) is 3.75. The van der Waals surface area contributed by atoms with Crippen LogP contribution in [0.5, 0.6) is 0 Å². The fraction of sp³-hybridized carbons (Fsp3) is 0.636. The maximum Gasteiger partial charge on any atom is 0.240 e. The number of nitrogens with zero attached hydrogens (tertiary/aromatic N) is 3. The molecule has 2 heterocycles. The summed E-state index contributed by atoms with van der Waals surface area (Å²) >= 11 is 0. The van der Waals surface area contributed by atoms with E-state index in [9.17, 15) is 4.79 Å². The summed E-state index contributed by atoms with van der Waals surface area (Å²) in [4.78, 5) is 13.8. The van der Waals surface area contributed by atoms with E-state index in [0.717, 1.165) is 24.2 Å². The number of aromatic nitrogens is 2. The van der Waals surface area contributed by atoms with Crippen molar-refractivity contribution in [1.82, 2.24) is 20.0 Å². The summed E-state index contributed by atoms with van der Waals surface area (Å²) < 4.78 is 1.84. The summed E-state index contributed by atoms with van der Waals surface area (Å²) in [6, 6.07) is -0.00280. The van der Waals surface area contributed by atoms with Crippen LogP contribution in [0.1, 0.15) is 17.7 Å². The topological polar surface area (TPSA) is 50.2 Å². The number of hydrogen-bond donors (Lipinski definition) is 1. The molecule has 1 unspecified atom stereocenters. The van der Waals surface area contributed by atoms with E-state index in [1.165, 1.54) is 0 Å². The second kappa shape index (κ2) is 4.25. The van der Waals surface area contributed by atoms with Crippen LogP contribution in [-0.2, 0) is 18.4 Å². The zero-order valence-electron chi connectivity index (χ0n) is 10.0. The molecule has 2 rings (SSSR count). The fourth-order valence-corrected chi connectivity index (χ4v) is 2.07. The lowest BCUT2D eigenvalue weighted by Gasteiger charge is -2.16. The molecule has 1 aliphatic heterocycles. The van der Waals surface area contributed by atoms with Crippen molar-refractivity contribution >= 4 is 5.91 Å². The molecule has 1 aliphatic rings. The van der Waals surface area contributed by atoms with Gasteiger partial charge in [0.2, 0.25) is 5.91 Å². The van der Waals surface area contributed by atoms with E-state index in [0.29, 0.717) is 6.54 Å². The minimum atomic E-state index is -0.00280. The number of likely N-dealkylation sites (N-methyl/N-ethyl adjacent to an activating group) is 1. The maximum absolute atomic E-state index is 11.9. The molecule has 5 heteroatoms. The van der Waals surface area contributed by atoms with Crippen LogP contribution in [0.3, 0.4) is 0 Å². The summed E-state index contributed by atoms with van der Waals surface area (Å²) in [5.41, 5.74) is 2.26. The van der Waals surface area contributed by atoms with Crippen LogP contribution < -0.4 is 5.32 Å². The molecule has 88 valence electrons. The molecular weight excluding hydrogens is 204 g/mol. The highest BCUT2D eigenvalue weighted by Gasteiger charge is 2.30. The Hall–Kier alpha value is -1.36. The molecule has 0 aromatic carbocycles. The first-order chi connectivity index (χ1) is 7.63. The van der Waals surface area contributed by atoms with Gasteiger partial charge in [-0.2, -0.15) is 5.10 Å². The standard InChI is InChI=1S/C11H18N4O/c1-8-9(6-13-14(8)3)7-15-5-4-10(12-2)11(15)16/h6,10,12H,4-5,7H2,1-3H3. The number of amides is 1. The van der Waals surface area contributed by atoms with Crippen molar-refractivity contribution in [2.45, 2.75) is 25.9 Å². The molecule has 1 fully saturated rings. The Labute approximate surface area is 95.4 Å². The second-order valence-electron chi connectivity index (χ2n) is 4.27. The summed E-state index contributed by atoms with van der Waals surface area (Å²) in [5.74, 6) is 0.200. The van der Waals surface area contributed by atoms with E-state index < -0.39 is 0 Å². The Morgan fingerprint density at radius 2 is 2.38 bits per heavy atom. The average molecular weight is 222 g/mol. The molecule has 1 aromatic rings. The van der Waals surface area contributed by atoms with Gasteiger partial charge in [-0.05, 0) is 20.4 Å². The number of carbonyl (C=O) groups is 1. The number of hydrogen-bond acceptors (Lipinski definition) is 3. The lowest BCUT2D eigenvalue weighted by molar-refractivity contribution is -0.129. The molecule has 0 spiro atoms. The van der Waals surface area contributed by atoms with Gasteiger partial charge in [-0.25, -0.2) is 0 Å². The molecule has 16 heavy (non-hydrogen) atoms. The Balaban J connectivity index is 2.06. The van der Waals surface area contributed by atoms with Crippen molar-refractivity contribution in [3.63, 3.8) is 0 Å². The number of aryl methyl sites for hydroxylation is 1. The zero-order chi connectivity index (χ0) is 11.7. The van der Waals surface area contributed by atoms with Gasteiger partial charge in [0.15, 0.2) is 0 Å². The largest absolute Gasteiger partial charge is 0.337 e. The van der Waals surface area contributed by atoms with Crippen molar-refractivity contribution in [2.75, 3.05) is 13.6 Å². The highest BCUT2D eigenvalue weighted by molar-refractivity contribution is 5.83. The normalized spacial score (nSPS) is 20.8. The van der Waals surface area contributed by atoms with E-state index in [-0.39, 0.29) is 11.9 Å². The Morgan fingerprint density at radius 3 is 2.88 bits per heavy atom. The maximum atomic E-state index is 11.9. The molecule has 1 saturated heterocycles. The van der Waals surface area contributed by atoms with Gasteiger partial charge in [0, 0.05) is 31.4 Å². The van der Waals surface area contributed by atoms with Gasteiger partial charge in [0.25, 0.3) is 0 Å². The lowest BCUT2D eigenvalue weighted by atomic mass is 10.2. The first-order valence-corrected chi connectivity index (χ1v) is 5.57. The SMILES string of the molecule is CNC1CCN(Cc2cnn(C)c2C)C1=O.